The molecule has 5 heteroatoms. The van der Waals surface area contributed by atoms with Gasteiger partial charge in [-0.25, -0.2) is 4.79 Å². The van der Waals surface area contributed by atoms with Crippen LogP contribution in [0, 0.1) is 11.8 Å². The first-order valence-corrected chi connectivity index (χ1v) is 12.9. The van der Waals surface area contributed by atoms with Crippen LogP contribution in [0.15, 0.2) is 0 Å². The molecule has 3 N–H and O–H groups in total. The molecule has 0 spiro atoms. The van der Waals surface area contributed by atoms with Crippen molar-refractivity contribution >= 4 is 11.9 Å². The molecule has 0 bridgehead atoms. The van der Waals surface area contributed by atoms with Gasteiger partial charge < -0.3 is 16.0 Å². The van der Waals surface area contributed by atoms with Crippen molar-refractivity contribution in [2.45, 2.75) is 131 Å². The molecule has 0 atom stereocenters. The molecule has 0 aliphatic heterocycles. The maximum Gasteiger partial charge on any atom is 0.314 e. The van der Waals surface area contributed by atoms with Crippen molar-refractivity contribution in [3.05, 3.63) is 0 Å². The zero-order valence-corrected chi connectivity index (χ0v) is 21.4. The van der Waals surface area contributed by atoms with Gasteiger partial charge in [0, 0.05) is 25.6 Å². The minimum absolute atomic E-state index is 0.0538. The smallest absolute Gasteiger partial charge is 0.314 e. The lowest BCUT2D eigenvalue weighted by Crippen LogP contribution is -2.42. The number of amides is 3. The average Bonchev–Trinajstić information content (AvgIpc) is 2.80. The second kappa shape index (κ2) is 21.0. The Morgan fingerprint density at radius 1 is 0.700 bits per heavy atom. The highest BCUT2D eigenvalue weighted by atomic mass is 16.2. The highest BCUT2D eigenvalue weighted by Crippen LogP contribution is 2.35. The van der Waals surface area contributed by atoms with Crippen LogP contribution in [0.1, 0.15) is 119 Å². The van der Waals surface area contributed by atoms with Crippen molar-refractivity contribution in [2.75, 3.05) is 7.05 Å². The molecule has 0 aromatic rings. The molecule has 180 valence electrons. The van der Waals surface area contributed by atoms with Crippen molar-refractivity contribution in [3.8, 4) is 0 Å². The largest absolute Gasteiger partial charge is 0.353 e. The Balaban J connectivity index is 0. The van der Waals surface area contributed by atoms with Gasteiger partial charge >= 0.3 is 6.03 Å². The lowest BCUT2D eigenvalue weighted by atomic mass is 9.75. The first-order valence-electron chi connectivity index (χ1n) is 12.9. The van der Waals surface area contributed by atoms with Crippen molar-refractivity contribution in [1.82, 2.24) is 16.0 Å². The zero-order valence-electron chi connectivity index (χ0n) is 21.4. The molecular formula is C25H53N3O2. The number of urea groups is 1. The van der Waals surface area contributed by atoms with E-state index in [2.05, 4.69) is 22.9 Å². The summed E-state index contributed by atoms with van der Waals surface area (Å²) in [4.78, 5) is 23.1. The molecule has 0 aromatic carbocycles. The van der Waals surface area contributed by atoms with Gasteiger partial charge in [-0.3, -0.25) is 4.79 Å². The highest BCUT2D eigenvalue weighted by Gasteiger charge is 2.27. The number of hydrogen-bond acceptors (Lipinski definition) is 2. The van der Waals surface area contributed by atoms with E-state index >= 15 is 0 Å². The topological polar surface area (TPSA) is 70.2 Å². The van der Waals surface area contributed by atoms with Gasteiger partial charge in [-0.2, -0.15) is 0 Å². The first kappa shape index (κ1) is 30.9. The standard InChI is InChI=1S/C19H35N3O2.3C2H6/c1-3-4-18(23)21-16-9-5-14(6-10-16)13-15-7-11-17(12-8-15)22-19(24)20-2;3*1-2/h14-17H,3-13H2,1-2H3,(H,21,23)(H2,20,22,24);3*1-2H3. The van der Waals surface area contributed by atoms with Crippen LogP contribution in [0.25, 0.3) is 0 Å². The molecule has 3 amide bonds. The summed E-state index contributed by atoms with van der Waals surface area (Å²) in [5.41, 5.74) is 0. The number of rotatable bonds is 6. The molecule has 2 aliphatic rings. The maximum atomic E-state index is 11.7. The van der Waals surface area contributed by atoms with E-state index in [1.54, 1.807) is 7.05 Å². The van der Waals surface area contributed by atoms with Gasteiger partial charge in [-0.15, -0.1) is 0 Å². The van der Waals surface area contributed by atoms with Gasteiger partial charge in [0.1, 0.15) is 0 Å². The predicted octanol–water partition coefficient (Wildman–Crippen LogP) is 6.42. The number of carbonyl (C=O) groups excluding carboxylic acids is 2. The van der Waals surface area contributed by atoms with Crippen LogP contribution in [-0.4, -0.2) is 31.1 Å². The van der Waals surface area contributed by atoms with Gasteiger partial charge in [0.2, 0.25) is 5.91 Å². The fourth-order valence-electron chi connectivity index (χ4n) is 4.34. The second-order valence-electron chi connectivity index (χ2n) is 7.71. The Morgan fingerprint density at radius 3 is 1.47 bits per heavy atom. The monoisotopic (exact) mass is 427 g/mol. The van der Waals surface area contributed by atoms with Gasteiger partial charge in [-0.05, 0) is 76.0 Å². The second-order valence-corrected chi connectivity index (χ2v) is 7.71. The average molecular weight is 428 g/mol. The van der Waals surface area contributed by atoms with E-state index in [1.807, 2.05) is 41.5 Å². The van der Waals surface area contributed by atoms with Crippen LogP contribution >= 0.6 is 0 Å². The van der Waals surface area contributed by atoms with E-state index in [-0.39, 0.29) is 11.9 Å². The third-order valence-corrected chi connectivity index (χ3v) is 5.76. The van der Waals surface area contributed by atoms with E-state index < -0.39 is 0 Å². The fourth-order valence-corrected chi connectivity index (χ4v) is 4.34. The quantitative estimate of drug-likeness (QED) is 0.458. The predicted molar refractivity (Wildman–Crippen MR) is 131 cm³/mol. The summed E-state index contributed by atoms with van der Waals surface area (Å²) in [5.74, 6) is 1.88. The normalized spacial score (nSPS) is 24.9. The van der Waals surface area contributed by atoms with Crippen LogP contribution in [0.3, 0.4) is 0 Å². The lowest BCUT2D eigenvalue weighted by molar-refractivity contribution is -0.122. The van der Waals surface area contributed by atoms with Crippen molar-refractivity contribution in [3.63, 3.8) is 0 Å². The Morgan fingerprint density at radius 2 is 1.10 bits per heavy atom. The van der Waals surface area contributed by atoms with E-state index in [0.29, 0.717) is 18.5 Å². The Bertz CT molecular complexity index is 399. The molecule has 0 aromatic heterocycles. The molecule has 0 heterocycles. The van der Waals surface area contributed by atoms with E-state index in [9.17, 15) is 9.59 Å². The van der Waals surface area contributed by atoms with Crippen LogP contribution < -0.4 is 16.0 Å². The van der Waals surface area contributed by atoms with Crippen LogP contribution in [0.4, 0.5) is 4.79 Å². The molecule has 2 aliphatic carbocycles. The van der Waals surface area contributed by atoms with E-state index in [4.69, 9.17) is 0 Å². The highest BCUT2D eigenvalue weighted by molar-refractivity contribution is 5.76. The van der Waals surface area contributed by atoms with Crippen molar-refractivity contribution < 1.29 is 9.59 Å². The lowest BCUT2D eigenvalue weighted by Gasteiger charge is -2.34. The molecule has 2 saturated carbocycles. The summed E-state index contributed by atoms with van der Waals surface area (Å²) in [6, 6.07) is 0.709. The van der Waals surface area contributed by atoms with Gasteiger partial charge in [0.25, 0.3) is 0 Å². The van der Waals surface area contributed by atoms with Crippen LogP contribution in [0.2, 0.25) is 0 Å². The maximum absolute atomic E-state index is 11.7. The summed E-state index contributed by atoms with van der Waals surface area (Å²) in [7, 11) is 1.67. The molecule has 5 nitrogen and oxygen atoms in total. The third kappa shape index (κ3) is 13.9. The van der Waals surface area contributed by atoms with E-state index in [1.165, 1.54) is 32.1 Å². The Kier molecular flexibility index (Phi) is 21.6. The van der Waals surface area contributed by atoms with E-state index in [0.717, 1.165) is 43.9 Å². The number of hydrogen-bond donors (Lipinski definition) is 3. The fraction of sp³-hybridized carbons (Fsp3) is 0.920. The molecule has 0 unspecified atom stereocenters. The Hall–Kier alpha value is -1.26. The summed E-state index contributed by atoms with van der Waals surface area (Å²) >= 11 is 0. The van der Waals surface area contributed by atoms with Crippen LogP contribution in [-0.2, 0) is 4.79 Å². The van der Waals surface area contributed by atoms with Gasteiger partial charge in [0.05, 0.1) is 0 Å². The molecule has 2 rings (SSSR count). The SMILES string of the molecule is CC.CC.CC.CCCC(=O)NC1CCC(CC2CCC(NC(=O)NC)CC2)CC1. The summed E-state index contributed by atoms with van der Waals surface area (Å²) in [6.45, 7) is 14.1. The molecular weight excluding hydrogens is 374 g/mol. The Labute approximate surface area is 187 Å². The summed E-state index contributed by atoms with van der Waals surface area (Å²) < 4.78 is 0. The van der Waals surface area contributed by atoms with Crippen molar-refractivity contribution in [1.29, 1.82) is 0 Å². The number of nitrogens with one attached hydrogen (secondary N) is 3. The third-order valence-electron chi connectivity index (χ3n) is 5.76. The first-order chi connectivity index (χ1) is 14.6. The molecule has 0 radical (unpaired) electrons. The minimum Gasteiger partial charge on any atom is -0.353 e. The van der Waals surface area contributed by atoms with Crippen molar-refractivity contribution in [2.24, 2.45) is 11.8 Å². The summed E-state index contributed by atoms with van der Waals surface area (Å²) in [5, 5.41) is 8.86. The van der Waals surface area contributed by atoms with Gasteiger partial charge in [0.15, 0.2) is 0 Å². The number of carbonyl (C=O) groups is 2. The zero-order chi connectivity index (χ0) is 23.4. The molecule has 30 heavy (non-hydrogen) atoms. The minimum atomic E-state index is -0.0538. The van der Waals surface area contributed by atoms with Gasteiger partial charge in [-0.1, -0.05) is 48.5 Å². The van der Waals surface area contributed by atoms with Crippen LogP contribution in [0.5, 0.6) is 0 Å². The molecule has 2 fully saturated rings. The molecule has 0 saturated heterocycles. The summed E-state index contributed by atoms with van der Waals surface area (Å²) in [6.07, 6.45) is 12.4.